The highest BCUT2D eigenvalue weighted by atomic mass is 16.4. The maximum Gasteiger partial charge on any atom is 0.322 e. The third-order valence-corrected chi connectivity index (χ3v) is 3.39. The number of carboxylic acid groups (broad SMARTS) is 1. The van der Waals surface area contributed by atoms with Gasteiger partial charge in [-0.05, 0) is 30.5 Å². The average Bonchev–Trinajstić information content (AvgIpc) is 2.90. The molecule has 23 heavy (non-hydrogen) atoms. The number of hydrogen-bond donors (Lipinski definition) is 3. The van der Waals surface area contributed by atoms with Crippen LogP contribution in [0, 0.1) is 6.92 Å². The number of rotatable bonds is 7. The van der Waals surface area contributed by atoms with Gasteiger partial charge in [0.15, 0.2) is 0 Å². The van der Waals surface area contributed by atoms with E-state index in [-0.39, 0.29) is 18.9 Å². The Bertz CT molecular complexity index is 736. The van der Waals surface area contributed by atoms with E-state index in [0.717, 1.165) is 10.9 Å². The molecule has 0 aliphatic heterocycles. The molecule has 7 nitrogen and oxygen atoms in total. The molecule has 0 saturated heterocycles. The zero-order chi connectivity index (χ0) is 16.8. The summed E-state index contributed by atoms with van der Waals surface area (Å²) in [5, 5.41) is 14.2. The third kappa shape index (κ3) is 4.84. The van der Waals surface area contributed by atoms with Crippen molar-refractivity contribution in [3.8, 4) is 0 Å². The van der Waals surface area contributed by atoms with Crippen LogP contribution >= 0.6 is 0 Å². The Morgan fingerprint density at radius 2 is 1.83 bits per heavy atom. The second kappa shape index (κ2) is 7.44. The van der Waals surface area contributed by atoms with Crippen LogP contribution in [0.25, 0.3) is 10.9 Å². The van der Waals surface area contributed by atoms with E-state index in [9.17, 15) is 14.4 Å². The molecule has 3 N–H and O–H groups in total. The standard InChI is InChI=1S/C16H19N3O4/c1-11-2-3-13-12(8-11)4-6-19(13)7-5-14(20)17-9-15(21)18-10-16(22)23/h2-4,6,8H,5,7,9-10H2,1H3,(H,17,20)(H,18,21)(H,22,23). The van der Waals surface area contributed by atoms with Crippen molar-refractivity contribution in [1.82, 2.24) is 15.2 Å². The van der Waals surface area contributed by atoms with E-state index < -0.39 is 18.4 Å². The lowest BCUT2D eigenvalue weighted by atomic mass is 10.2. The molecular formula is C16H19N3O4. The molecule has 0 spiro atoms. The Balaban J connectivity index is 1.79. The van der Waals surface area contributed by atoms with Crippen molar-refractivity contribution in [3.05, 3.63) is 36.0 Å². The Kier molecular flexibility index (Phi) is 5.35. The molecule has 0 atom stereocenters. The molecule has 1 aromatic heterocycles. The van der Waals surface area contributed by atoms with Crippen molar-refractivity contribution in [1.29, 1.82) is 0 Å². The second-order valence-electron chi connectivity index (χ2n) is 5.27. The monoisotopic (exact) mass is 317 g/mol. The van der Waals surface area contributed by atoms with E-state index in [1.165, 1.54) is 5.56 Å². The zero-order valence-electron chi connectivity index (χ0n) is 12.8. The van der Waals surface area contributed by atoms with E-state index >= 15 is 0 Å². The van der Waals surface area contributed by atoms with E-state index in [1.54, 1.807) is 0 Å². The van der Waals surface area contributed by atoms with Crippen molar-refractivity contribution < 1.29 is 19.5 Å². The first-order valence-corrected chi connectivity index (χ1v) is 7.26. The number of nitrogens with one attached hydrogen (secondary N) is 2. The van der Waals surface area contributed by atoms with Gasteiger partial charge in [-0.1, -0.05) is 11.6 Å². The van der Waals surface area contributed by atoms with Gasteiger partial charge in [-0.15, -0.1) is 0 Å². The lowest BCUT2D eigenvalue weighted by molar-refractivity contribution is -0.137. The molecule has 0 radical (unpaired) electrons. The normalized spacial score (nSPS) is 10.5. The average molecular weight is 317 g/mol. The fourth-order valence-electron chi connectivity index (χ4n) is 2.24. The molecule has 2 amide bonds. The first kappa shape index (κ1) is 16.5. The smallest absolute Gasteiger partial charge is 0.322 e. The number of hydrogen-bond acceptors (Lipinski definition) is 3. The number of nitrogens with zero attached hydrogens (tertiary/aromatic N) is 1. The number of aryl methyl sites for hydroxylation is 2. The van der Waals surface area contributed by atoms with E-state index in [4.69, 9.17) is 5.11 Å². The first-order valence-electron chi connectivity index (χ1n) is 7.26. The summed E-state index contributed by atoms with van der Waals surface area (Å²) in [6, 6.07) is 8.12. The van der Waals surface area contributed by atoms with Crippen LogP contribution in [0.4, 0.5) is 0 Å². The summed E-state index contributed by atoms with van der Waals surface area (Å²) in [5.74, 6) is -1.91. The molecule has 0 aliphatic rings. The summed E-state index contributed by atoms with van der Waals surface area (Å²) in [4.78, 5) is 33.3. The fraction of sp³-hybridized carbons (Fsp3) is 0.312. The molecule has 0 unspecified atom stereocenters. The highest BCUT2D eigenvalue weighted by Crippen LogP contribution is 2.17. The van der Waals surface area contributed by atoms with Gasteiger partial charge < -0.3 is 20.3 Å². The molecule has 2 rings (SSSR count). The van der Waals surface area contributed by atoms with Crippen LogP contribution in [0.3, 0.4) is 0 Å². The number of carboxylic acids is 1. The maximum atomic E-state index is 11.8. The highest BCUT2D eigenvalue weighted by molar-refractivity contribution is 5.86. The Hall–Kier alpha value is -2.83. The lowest BCUT2D eigenvalue weighted by Gasteiger charge is -2.07. The van der Waals surface area contributed by atoms with Crippen molar-refractivity contribution in [2.75, 3.05) is 13.1 Å². The predicted molar refractivity (Wildman–Crippen MR) is 84.9 cm³/mol. The van der Waals surface area contributed by atoms with Gasteiger partial charge in [0.1, 0.15) is 6.54 Å². The molecule has 122 valence electrons. The molecule has 1 heterocycles. The molecule has 1 aromatic carbocycles. The van der Waals surface area contributed by atoms with Gasteiger partial charge in [0.2, 0.25) is 11.8 Å². The van der Waals surface area contributed by atoms with E-state index in [1.807, 2.05) is 35.9 Å². The van der Waals surface area contributed by atoms with E-state index in [0.29, 0.717) is 6.54 Å². The van der Waals surface area contributed by atoms with Crippen LogP contribution in [0.2, 0.25) is 0 Å². The van der Waals surface area contributed by atoms with Gasteiger partial charge >= 0.3 is 5.97 Å². The van der Waals surface area contributed by atoms with Gasteiger partial charge in [-0.3, -0.25) is 14.4 Å². The molecule has 0 saturated carbocycles. The quantitative estimate of drug-likeness (QED) is 0.698. The number of carbonyl (C=O) groups excluding carboxylic acids is 2. The van der Waals surface area contributed by atoms with Crippen LogP contribution in [0.1, 0.15) is 12.0 Å². The second-order valence-corrected chi connectivity index (χ2v) is 5.27. The molecule has 7 heteroatoms. The van der Waals surface area contributed by atoms with Crippen molar-refractivity contribution in [2.45, 2.75) is 19.9 Å². The fourth-order valence-corrected chi connectivity index (χ4v) is 2.24. The minimum Gasteiger partial charge on any atom is -0.480 e. The minimum absolute atomic E-state index is 0.224. The van der Waals surface area contributed by atoms with Crippen molar-refractivity contribution in [3.63, 3.8) is 0 Å². The molecule has 0 bridgehead atoms. The Morgan fingerprint density at radius 3 is 2.57 bits per heavy atom. The van der Waals surface area contributed by atoms with Crippen LogP contribution in [-0.2, 0) is 20.9 Å². The number of aliphatic carboxylic acids is 1. The molecule has 0 fully saturated rings. The largest absolute Gasteiger partial charge is 0.480 e. The molecule has 2 aromatic rings. The van der Waals surface area contributed by atoms with E-state index in [2.05, 4.69) is 16.7 Å². The Labute approximate surface area is 133 Å². The predicted octanol–water partition coefficient (Wildman–Crippen LogP) is 0.657. The summed E-state index contributed by atoms with van der Waals surface area (Å²) < 4.78 is 1.98. The zero-order valence-corrected chi connectivity index (χ0v) is 12.8. The molecular weight excluding hydrogens is 298 g/mol. The van der Waals surface area contributed by atoms with Gasteiger partial charge in [-0.25, -0.2) is 0 Å². The van der Waals surface area contributed by atoms with Gasteiger partial charge in [-0.2, -0.15) is 0 Å². The van der Waals surface area contributed by atoms with Crippen LogP contribution in [0.15, 0.2) is 30.5 Å². The highest BCUT2D eigenvalue weighted by Gasteiger charge is 2.08. The topological polar surface area (TPSA) is 100 Å². The SMILES string of the molecule is Cc1ccc2c(ccn2CCC(=O)NCC(=O)NCC(=O)O)c1. The minimum atomic E-state index is -1.13. The Morgan fingerprint density at radius 1 is 1.09 bits per heavy atom. The van der Waals surface area contributed by atoms with Crippen molar-refractivity contribution >= 4 is 28.7 Å². The number of fused-ring (bicyclic) bond motifs is 1. The summed E-state index contributed by atoms with van der Waals surface area (Å²) in [6.45, 7) is 1.86. The van der Waals surface area contributed by atoms with Gasteiger partial charge in [0, 0.05) is 24.7 Å². The maximum absolute atomic E-state index is 11.8. The van der Waals surface area contributed by atoms with Crippen LogP contribution in [0.5, 0.6) is 0 Å². The number of aromatic nitrogens is 1. The number of benzene rings is 1. The number of amides is 2. The van der Waals surface area contributed by atoms with Crippen LogP contribution < -0.4 is 10.6 Å². The summed E-state index contributed by atoms with van der Waals surface area (Å²) in [6.07, 6.45) is 2.17. The first-order chi connectivity index (χ1) is 11.0. The number of carbonyl (C=O) groups is 3. The van der Waals surface area contributed by atoms with Gasteiger partial charge in [0.25, 0.3) is 0 Å². The van der Waals surface area contributed by atoms with Crippen molar-refractivity contribution in [2.24, 2.45) is 0 Å². The van der Waals surface area contributed by atoms with Gasteiger partial charge in [0.05, 0.1) is 6.54 Å². The summed E-state index contributed by atoms with van der Waals surface area (Å²) >= 11 is 0. The lowest BCUT2D eigenvalue weighted by Crippen LogP contribution is -2.39. The molecule has 0 aliphatic carbocycles. The third-order valence-electron chi connectivity index (χ3n) is 3.39. The summed E-state index contributed by atoms with van der Waals surface area (Å²) in [7, 11) is 0. The summed E-state index contributed by atoms with van der Waals surface area (Å²) in [5.41, 5.74) is 2.24. The van der Waals surface area contributed by atoms with Crippen LogP contribution in [-0.4, -0.2) is 40.5 Å².